The van der Waals surface area contributed by atoms with Gasteiger partial charge in [-0.3, -0.25) is 0 Å². The van der Waals surface area contributed by atoms with Gasteiger partial charge in [0.1, 0.15) is 0 Å². The van der Waals surface area contributed by atoms with Gasteiger partial charge in [-0.1, -0.05) is 70.6 Å². The van der Waals surface area contributed by atoms with E-state index in [1.807, 2.05) is 6.92 Å². The first-order valence-electron chi connectivity index (χ1n) is 10.1. The number of halogens is 3. The van der Waals surface area contributed by atoms with Crippen molar-refractivity contribution in [1.82, 2.24) is 0 Å². The normalized spacial score (nSPS) is 13.7. The first kappa shape index (κ1) is 24.0. The van der Waals surface area contributed by atoms with E-state index < -0.39 is 17.5 Å². The largest absolute Gasteiger partial charge is 0.416 e. The number of rotatable bonds is 13. The van der Waals surface area contributed by atoms with E-state index in [1.54, 1.807) is 20.3 Å². The van der Waals surface area contributed by atoms with Crippen molar-refractivity contribution in [3.8, 4) is 0 Å². The summed E-state index contributed by atoms with van der Waals surface area (Å²) in [6, 6.07) is 5.61. The molecule has 0 aliphatic rings. The van der Waals surface area contributed by atoms with Crippen LogP contribution < -0.4 is 0 Å². The molecular weight excluding hydrogens is 353 g/mol. The van der Waals surface area contributed by atoms with Gasteiger partial charge >= 0.3 is 6.18 Å². The molecule has 0 saturated heterocycles. The molecule has 5 heteroatoms. The van der Waals surface area contributed by atoms with Crippen molar-refractivity contribution < 1.29 is 22.6 Å². The highest BCUT2D eigenvalue weighted by atomic mass is 19.4. The fraction of sp³-hybridized carbons (Fsp3) is 0.727. The second kappa shape index (κ2) is 11.7. The first-order valence-corrected chi connectivity index (χ1v) is 10.1. The van der Waals surface area contributed by atoms with E-state index >= 15 is 0 Å². The third-order valence-corrected chi connectivity index (χ3v) is 5.45. The monoisotopic (exact) mass is 388 g/mol. The Hall–Kier alpha value is -1.07. The minimum atomic E-state index is -4.32. The van der Waals surface area contributed by atoms with Gasteiger partial charge in [-0.15, -0.1) is 0 Å². The van der Waals surface area contributed by atoms with Crippen LogP contribution in [0.5, 0.6) is 0 Å². The van der Waals surface area contributed by atoms with Gasteiger partial charge in [-0.25, -0.2) is 0 Å². The van der Waals surface area contributed by atoms with Gasteiger partial charge in [0, 0.05) is 20.1 Å². The predicted octanol–water partition coefficient (Wildman–Crippen LogP) is 7.01. The van der Waals surface area contributed by atoms with Crippen molar-refractivity contribution >= 4 is 0 Å². The number of hydrogen-bond donors (Lipinski definition) is 0. The summed E-state index contributed by atoms with van der Waals surface area (Å²) in [4.78, 5) is 0. The fourth-order valence-corrected chi connectivity index (χ4v) is 3.80. The van der Waals surface area contributed by atoms with Gasteiger partial charge in [0.25, 0.3) is 0 Å². The molecule has 156 valence electrons. The van der Waals surface area contributed by atoms with Crippen molar-refractivity contribution in [2.75, 3.05) is 14.2 Å². The zero-order valence-corrected chi connectivity index (χ0v) is 17.2. The minimum absolute atomic E-state index is 0.00663. The lowest BCUT2D eigenvalue weighted by molar-refractivity contribution is -0.243. The molecular formula is C22H35F3O2. The average molecular weight is 389 g/mol. The molecule has 0 bridgehead atoms. The topological polar surface area (TPSA) is 18.5 Å². The maximum absolute atomic E-state index is 13.0. The molecule has 1 atom stereocenters. The maximum atomic E-state index is 13.0. The maximum Gasteiger partial charge on any atom is 0.416 e. The fourth-order valence-electron chi connectivity index (χ4n) is 3.80. The molecule has 1 unspecified atom stereocenters. The van der Waals surface area contributed by atoms with Gasteiger partial charge in [-0.2, -0.15) is 13.2 Å². The second-order valence-corrected chi connectivity index (χ2v) is 7.23. The minimum Gasteiger partial charge on any atom is -0.353 e. The van der Waals surface area contributed by atoms with E-state index in [2.05, 4.69) is 6.92 Å². The lowest BCUT2D eigenvalue weighted by atomic mass is 9.84. The summed E-state index contributed by atoms with van der Waals surface area (Å²) in [5.74, 6) is -0.760. The molecule has 0 aromatic heterocycles. The zero-order chi connectivity index (χ0) is 20.3. The van der Waals surface area contributed by atoms with Crippen LogP contribution in [0.15, 0.2) is 24.3 Å². The summed E-state index contributed by atoms with van der Waals surface area (Å²) in [6.07, 6.45) is 4.77. The number of methoxy groups -OCH3 is 2. The number of ether oxygens (including phenoxy) is 2. The number of benzene rings is 1. The van der Waals surface area contributed by atoms with E-state index in [4.69, 9.17) is 9.47 Å². The van der Waals surface area contributed by atoms with Crippen LogP contribution in [0.1, 0.15) is 76.3 Å². The van der Waals surface area contributed by atoms with Gasteiger partial charge < -0.3 is 9.47 Å². The van der Waals surface area contributed by atoms with Crippen LogP contribution in [0.25, 0.3) is 0 Å². The molecule has 1 aromatic carbocycles. The molecule has 0 saturated carbocycles. The summed E-state index contributed by atoms with van der Waals surface area (Å²) in [6.45, 7) is 4.19. The van der Waals surface area contributed by atoms with Crippen LogP contribution in [-0.2, 0) is 22.1 Å². The summed E-state index contributed by atoms with van der Waals surface area (Å²) >= 11 is 0. The van der Waals surface area contributed by atoms with Gasteiger partial charge in [0.15, 0.2) is 5.79 Å². The highest BCUT2D eigenvalue weighted by molar-refractivity contribution is 5.26. The molecule has 0 fully saturated rings. The Labute approximate surface area is 162 Å². The van der Waals surface area contributed by atoms with E-state index in [0.29, 0.717) is 18.4 Å². The molecule has 0 N–H and O–H groups in total. The third kappa shape index (κ3) is 7.46. The number of unbranched alkanes of at least 4 members (excludes halogenated alkanes) is 5. The second-order valence-electron chi connectivity index (χ2n) is 7.23. The third-order valence-electron chi connectivity index (χ3n) is 5.45. The molecule has 1 rings (SSSR count). The molecule has 0 aliphatic carbocycles. The van der Waals surface area contributed by atoms with E-state index in [9.17, 15) is 13.2 Å². The summed E-state index contributed by atoms with van der Waals surface area (Å²) in [5, 5.41) is 0. The molecule has 2 nitrogen and oxygen atoms in total. The first-order chi connectivity index (χ1) is 12.8. The van der Waals surface area contributed by atoms with Crippen LogP contribution in [0, 0.1) is 5.92 Å². The van der Waals surface area contributed by atoms with E-state index in [1.165, 1.54) is 37.8 Å². The lowest BCUT2D eigenvalue weighted by Crippen LogP contribution is -2.42. The molecule has 0 spiro atoms. The zero-order valence-electron chi connectivity index (χ0n) is 17.2. The van der Waals surface area contributed by atoms with Crippen LogP contribution >= 0.6 is 0 Å². The Morgan fingerprint density at radius 1 is 0.926 bits per heavy atom. The number of hydrogen-bond acceptors (Lipinski definition) is 2. The predicted molar refractivity (Wildman–Crippen MR) is 104 cm³/mol. The molecule has 0 radical (unpaired) electrons. The molecule has 27 heavy (non-hydrogen) atoms. The van der Waals surface area contributed by atoms with Gasteiger partial charge in [-0.05, 0) is 30.9 Å². The Bertz CT molecular complexity index is 516. The van der Waals surface area contributed by atoms with Gasteiger partial charge in [0.05, 0.1) is 5.56 Å². The smallest absolute Gasteiger partial charge is 0.353 e. The highest BCUT2D eigenvalue weighted by Gasteiger charge is 2.37. The quantitative estimate of drug-likeness (QED) is 0.267. The van der Waals surface area contributed by atoms with Crippen LogP contribution in [0.4, 0.5) is 13.2 Å². The summed E-state index contributed by atoms with van der Waals surface area (Å²) < 4.78 is 50.6. The molecule has 1 aromatic rings. The van der Waals surface area contributed by atoms with Crippen LogP contribution in [0.2, 0.25) is 0 Å². The van der Waals surface area contributed by atoms with Crippen LogP contribution in [-0.4, -0.2) is 20.0 Å². The Balaban J connectivity index is 2.88. The van der Waals surface area contributed by atoms with E-state index in [-0.39, 0.29) is 5.92 Å². The molecule has 0 heterocycles. The van der Waals surface area contributed by atoms with Crippen molar-refractivity contribution in [3.05, 3.63) is 35.4 Å². The molecule has 0 amide bonds. The standard InChI is InChI=1S/C22H35F3O2/c1-5-7-8-9-10-11-14-19(21(6-2,26-3)27-4)16-18-13-12-15-20(17-18)22(23,24)25/h12-13,15,17,19H,5-11,14,16H2,1-4H3. The Kier molecular flexibility index (Phi) is 10.4. The SMILES string of the molecule is CCCCCCCCC(Cc1cccc(C(F)(F)F)c1)C(CC)(OC)OC. The van der Waals surface area contributed by atoms with Crippen LogP contribution in [0.3, 0.4) is 0 Å². The highest BCUT2D eigenvalue weighted by Crippen LogP contribution is 2.35. The van der Waals surface area contributed by atoms with Gasteiger partial charge in [0.2, 0.25) is 0 Å². The number of alkyl halides is 3. The summed E-state index contributed by atoms with van der Waals surface area (Å²) in [5.41, 5.74) is 0.0722. The lowest BCUT2D eigenvalue weighted by Gasteiger charge is -2.38. The Morgan fingerprint density at radius 2 is 1.56 bits per heavy atom. The molecule has 0 aliphatic heterocycles. The van der Waals surface area contributed by atoms with Crippen molar-refractivity contribution in [1.29, 1.82) is 0 Å². The average Bonchev–Trinajstić information content (AvgIpc) is 2.65. The summed E-state index contributed by atoms with van der Waals surface area (Å²) in [7, 11) is 3.24. The Morgan fingerprint density at radius 3 is 2.11 bits per heavy atom. The van der Waals surface area contributed by atoms with Crippen molar-refractivity contribution in [2.24, 2.45) is 5.92 Å². The van der Waals surface area contributed by atoms with E-state index in [0.717, 1.165) is 25.3 Å². The van der Waals surface area contributed by atoms with Crippen molar-refractivity contribution in [2.45, 2.75) is 83.6 Å². The van der Waals surface area contributed by atoms with Crippen molar-refractivity contribution in [3.63, 3.8) is 0 Å².